The second-order valence-electron chi connectivity index (χ2n) is 5.02. The normalized spacial score (nSPS) is 17.2. The summed E-state index contributed by atoms with van der Waals surface area (Å²) in [4.78, 5) is 18.8. The van der Waals surface area contributed by atoms with Crippen molar-refractivity contribution in [3.63, 3.8) is 0 Å². The first kappa shape index (κ1) is 12.1. The van der Waals surface area contributed by atoms with Gasteiger partial charge in [-0.3, -0.25) is 4.79 Å². The number of nitrogens with zero attached hydrogens (tertiary/aromatic N) is 1. The van der Waals surface area contributed by atoms with E-state index in [4.69, 9.17) is 5.73 Å². The molecule has 0 aromatic carbocycles. The molecule has 5 nitrogen and oxygen atoms in total. The minimum Gasteiger partial charge on any atom is -0.366 e. The molecule has 1 saturated carbocycles. The Balaban J connectivity index is 2.17. The Labute approximate surface area is 101 Å². The molecular weight excluding hydrogens is 216 g/mol. The third-order valence-corrected chi connectivity index (χ3v) is 3.12. The highest BCUT2D eigenvalue weighted by molar-refractivity contribution is 5.35. The lowest BCUT2D eigenvalue weighted by molar-refractivity contribution is 0.529. The number of H-pyrrole nitrogens is 1. The zero-order valence-corrected chi connectivity index (χ0v) is 10.4. The highest BCUT2D eigenvalue weighted by Crippen LogP contribution is 2.37. The van der Waals surface area contributed by atoms with Crippen LogP contribution in [0.25, 0.3) is 0 Å². The highest BCUT2D eigenvalue weighted by Gasteiger charge is 2.26. The number of nitrogens with two attached hydrogens (primary N) is 1. The van der Waals surface area contributed by atoms with E-state index in [1.54, 1.807) is 0 Å². The first-order valence-electron chi connectivity index (χ1n) is 6.18. The fourth-order valence-electron chi connectivity index (χ4n) is 1.79. The topological polar surface area (TPSA) is 83.8 Å². The van der Waals surface area contributed by atoms with Crippen molar-refractivity contribution < 1.29 is 0 Å². The van der Waals surface area contributed by atoms with E-state index in [0.717, 1.165) is 18.7 Å². The molecular formula is C12H20N4O. The van der Waals surface area contributed by atoms with Crippen LogP contribution in [0.2, 0.25) is 0 Å². The van der Waals surface area contributed by atoms with Gasteiger partial charge in [0.15, 0.2) is 0 Å². The molecule has 1 aliphatic rings. The van der Waals surface area contributed by atoms with Gasteiger partial charge in [-0.15, -0.1) is 0 Å². The Kier molecular flexibility index (Phi) is 3.47. The van der Waals surface area contributed by atoms with Crippen LogP contribution in [0.4, 0.5) is 5.82 Å². The van der Waals surface area contributed by atoms with Gasteiger partial charge < -0.3 is 16.0 Å². The molecule has 1 fully saturated rings. The van der Waals surface area contributed by atoms with Crippen LogP contribution in [0.15, 0.2) is 10.9 Å². The van der Waals surface area contributed by atoms with Gasteiger partial charge in [0.1, 0.15) is 11.6 Å². The van der Waals surface area contributed by atoms with Crippen LogP contribution in [0.3, 0.4) is 0 Å². The van der Waals surface area contributed by atoms with Crippen molar-refractivity contribution in [1.82, 2.24) is 9.97 Å². The average molecular weight is 236 g/mol. The highest BCUT2D eigenvalue weighted by atomic mass is 16.1. The first-order valence-corrected chi connectivity index (χ1v) is 6.18. The van der Waals surface area contributed by atoms with Gasteiger partial charge in [-0.2, -0.15) is 0 Å². The quantitative estimate of drug-likeness (QED) is 0.713. The largest absolute Gasteiger partial charge is 0.366 e. The molecule has 1 heterocycles. The van der Waals surface area contributed by atoms with E-state index in [1.807, 2.05) is 0 Å². The Morgan fingerprint density at radius 2 is 2.29 bits per heavy atom. The van der Waals surface area contributed by atoms with Gasteiger partial charge in [-0.25, -0.2) is 4.98 Å². The molecule has 0 spiro atoms. The molecule has 1 atom stereocenters. The van der Waals surface area contributed by atoms with E-state index < -0.39 is 0 Å². The molecule has 4 N–H and O–H groups in total. The Morgan fingerprint density at radius 1 is 1.59 bits per heavy atom. The lowest BCUT2D eigenvalue weighted by Crippen LogP contribution is -2.34. The summed E-state index contributed by atoms with van der Waals surface area (Å²) >= 11 is 0. The standard InChI is InChI=1S/C12H20N4O/c1-7(2)9(6-13)14-10-5-11(17)16-12(15-10)8-3-4-8/h5,7-9H,3-4,6,13H2,1-2H3,(H2,14,15,16,17). The molecule has 17 heavy (non-hydrogen) atoms. The molecule has 1 unspecified atom stereocenters. The lowest BCUT2D eigenvalue weighted by atomic mass is 10.1. The maximum Gasteiger partial charge on any atom is 0.252 e. The smallest absolute Gasteiger partial charge is 0.252 e. The second kappa shape index (κ2) is 4.87. The van der Waals surface area contributed by atoms with Crippen LogP contribution in [0.5, 0.6) is 0 Å². The zero-order valence-electron chi connectivity index (χ0n) is 10.4. The van der Waals surface area contributed by atoms with E-state index in [9.17, 15) is 4.79 Å². The van der Waals surface area contributed by atoms with Crippen LogP contribution in [0.1, 0.15) is 38.4 Å². The summed E-state index contributed by atoms with van der Waals surface area (Å²) in [6.45, 7) is 4.73. The summed E-state index contributed by atoms with van der Waals surface area (Å²) in [6.07, 6.45) is 2.24. The van der Waals surface area contributed by atoms with Crippen molar-refractivity contribution in [3.8, 4) is 0 Å². The van der Waals surface area contributed by atoms with Crippen molar-refractivity contribution >= 4 is 5.82 Å². The Hall–Kier alpha value is -1.36. The number of hydrogen-bond donors (Lipinski definition) is 3. The maximum absolute atomic E-state index is 11.5. The summed E-state index contributed by atoms with van der Waals surface area (Å²) in [5.41, 5.74) is 5.60. The number of nitrogens with one attached hydrogen (secondary N) is 2. The summed E-state index contributed by atoms with van der Waals surface area (Å²) < 4.78 is 0. The number of aromatic amines is 1. The molecule has 5 heteroatoms. The molecule has 1 aromatic heterocycles. The van der Waals surface area contributed by atoms with Gasteiger partial charge in [0.05, 0.1) is 0 Å². The van der Waals surface area contributed by atoms with Crippen molar-refractivity contribution in [3.05, 3.63) is 22.2 Å². The maximum atomic E-state index is 11.5. The average Bonchev–Trinajstić information content (AvgIpc) is 3.08. The lowest BCUT2D eigenvalue weighted by Gasteiger charge is -2.21. The van der Waals surface area contributed by atoms with E-state index in [2.05, 4.69) is 29.1 Å². The second-order valence-corrected chi connectivity index (χ2v) is 5.02. The Morgan fingerprint density at radius 3 is 2.82 bits per heavy atom. The summed E-state index contributed by atoms with van der Waals surface area (Å²) in [5.74, 6) is 2.30. The van der Waals surface area contributed by atoms with Crippen molar-refractivity contribution in [2.24, 2.45) is 11.7 Å². The van der Waals surface area contributed by atoms with Crippen LogP contribution in [-0.4, -0.2) is 22.6 Å². The summed E-state index contributed by atoms with van der Waals surface area (Å²) in [5, 5.41) is 3.24. The van der Waals surface area contributed by atoms with E-state index in [0.29, 0.717) is 24.2 Å². The number of anilines is 1. The molecule has 0 amide bonds. The molecule has 0 radical (unpaired) electrons. The first-order chi connectivity index (χ1) is 8.10. The van der Waals surface area contributed by atoms with Crippen molar-refractivity contribution in [2.45, 2.75) is 38.6 Å². The van der Waals surface area contributed by atoms with E-state index >= 15 is 0 Å². The molecule has 1 aromatic rings. The third kappa shape index (κ3) is 3.06. The fourth-order valence-corrected chi connectivity index (χ4v) is 1.79. The Bertz CT molecular complexity index is 436. The van der Waals surface area contributed by atoms with Gasteiger partial charge in [-0.1, -0.05) is 13.8 Å². The van der Waals surface area contributed by atoms with E-state index in [-0.39, 0.29) is 11.6 Å². The fraction of sp³-hybridized carbons (Fsp3) is 0.667. The summed E-state index contributed by atoms with van der Waals surface area (Å²) in [6, 6.07) is 1.65. The molecule has 0 saturated heterocycles. The minimum absolute atomic E-state index is 0.0936. The molecule has 2 rings (SSSR count). The third-order valence-electron chi connectivity index (χ3n) is 3.12. The monoisotopic (exact) mass is 236 g/mol. The minimum atomic E-state index is -0.0936. The molecule has 1 aliphatic carbocycles. The van der Waals surface area contributed by atoms with E-state index in [1.165, 1.54) is 6.07 Å². The van der Waals surface area contributed by atoms with Gasteiger partial charge >= 0.3 is 0 Å². The molecule has 0 aliphatic heterocycles. The van der Waals surface area contributed by atoms with Gasteiger partial charge in [0.25, 0.3) is 5.56 Å². The van der Waals surface area contributed by atoms with Crippen LogP contribution in [-0.2, 0) is 0 Å². The summed E-state index contributed by atoms with van der Waals surface area (Å²) in [7, 11) is 0. The predicted molar refractivity (Wildman–Crippen MR) is 68.1 cm³/mol. The van der Waals surface area contributed by atoms with Gasteiger partial charge in [-0.05, 0) is 18.8 Å². The zero-order chi connectivity index (χ0) is 12.4. The number of rotatable bonds is 5. The van der Waals surface area contributed by atoms with Crippen molar-refractivity contribution in [2.75, 3.05) is 11.9 Å². The van der Waals surface area contributed by atoms with Crippen LogP contribution < -0.4 is 16.6 Å². The molecule has 0 bridgehead atoms. The SMILES string of the molecule is CC(C)C(CN)Nc1cc(=O)[nH]c(C2CC2)n1. The van der Waals surface area contributed by atoms with Crippen LogP contribution >= 0.6 is 0 Å². The van der Waals surface area contributed by atoms with Crippen LogP contribution in [0, 0.1) is 5.92 Å². The van der Waals surface area contributed by atoms with Crippen molar-refractivity contribution in [1.29, 1.82) is 0 Å². The predicted octanol–water partition coefficient (Wildman–Crippen LogP) is 1.04. The number of hydrogen-bond acceptors (Lipinski definition) is 4. The number of aromatic nitrogens is 2. The molecule has 94 valence electrons. The van der Waals surface area contributed by atoms with Gasteiger partial charge in [0.2, 0.25) is 0 Å². The van der Waals surface area contributed by atoms with Gasteiger partial charge in [0, 0.05) is 24.6 Å².